The number of carbonyl (C=O) groups is 1. The van der Waals surface area contributed by atoms with E-state index >= 15 is 0 Å². The Labute approximate surface area is 97.5 Å². The van der Waals surface area contributed by atoms with Gasteiger partial charge in [0, 0.05) is 17.5 Å². The van der Waals surface area contributed by atoms with E-state index in [1.54, 1.807) is 12.1 Å². The van der Waals surface area contributed by atoms with E-state index in [-0.39, 0.29) is 12.3 Å². The molecule has 0 bridgehead atoms. The van der Waals surface area contributed by atoms with Crippen molar-refractivity contribution in [2.24, 2.45) is 12.2 Å². The Morgan fingerprint density at radius 1 is 1.59 bits per heavy atom. The third kappa shape index (κ3) is 1.98. The second-order valence-corrected chi connectivity index (χ2v) is 3.73. The van der Waals surface area contributed by atoms with Crippen LogP contribution in [0, 0.1) is 6.92 Å². The number of azide groups is 1. The van der Waals surface area contributed by atoms with Gasteiger partial charge in [-0.3, -0.25) is 4.79 Å². The van der Waals surface area contributed by atoms with Gasteiger partial charge in [0.2, 0.25) is 0 Å². The number of benzene rings is 1. The van der Waals surface area contributed by atoms with Crippen LogP contribution in [0.5, 0.6) is 0 Å². The molecule has 0 unspecified atom stereocenters. The number of Topliss-reactive ketones (excluding diaryl/α,β-unsaturated/α-hetero) is 1. The predicted octanol–water partition coefficient (Wildman–Crippen LogP) is 2.37. The van der Waals surface area contributed by atoms with E-state index in [2.05, 4.69) is 15.0 Å². The zero-order chi connectivity index (χ0) is 12.4. The summed E-state index contributed by atoms with van der Waals surface area (Å²) in [6.45, 7) is 1.75. The summed E-state index contributed by atoms with van der Waals surface area (Å²) in [5.74, 6) is 0.688. The lowest BCUT2D eigenvalue weighted by atomic mass is 10.1. The normalized spacial score (nSPS) is 10.2. The van der Waals surface area contributed by atoms with Crippen LogP contribution >= 0.6 is 0 Å². The summed E-state index contributed by atoms with van der Waals surface area (Å²) in [4.78, 5) is 18.5. The molecule has 1 aromatic carbocycles. The molecular formula is C11H11N5O. The first-order chi connectivity index (χ1) is 8.13. The van der Waals surface area contributed by atoms with E-state index in [4.69, 9.17) is 5.53 Å². The third-order valence-electron chi connectivity index (χ3n) is 2.70. The Kier molecular flexibility index (Phi) is 2.80. The Bertz CT molecular complexity index is 637. The van der Waals surface area contributed by atoms with Gasteiger partial charge in [0.1, 0.15) is 5.82 Å². The van der Waals surface area contributed by atoms with Crippen LogP contribution in [0.2, 0.25) is 0 Å². The highest BCUT2D eigenvalue weighted by molar-refractivity contribution is 6.00. The minimum Gasteiger partial charge on any atom is -0.331 e. The van der Waals surface area contributed by atoms with E-state index in [0.717, 1.165) is 16.9 Å². The summed E-state index contributed by atoms with van der Waals surface area (Å²) in [5.41, 5.74) is 10.4. The molecule has 17 heavy (non-hydrogen) atoms. The molecule has 86 valence electrons. The van der Waals surface area contributed by atoms with E-state index in [1.165, 1.54) is 0 Å². The lowest BCUT2D eigenvalue weighted by Gasteiger charge is -1.99. The molecular weight excluding hydrogens is 218 g/mol. The lowest BCUT2D eigenvalue weighted by molar-refractivity contribution is 0.100. The van der Waals surface area contributed by atoms with E-state index in [0.29, 0.717) is 5.56 Å². The van der Waals surface area contributed by atoms with Gasteiger partial charge >= 0.3 is 0 Å². The maximum Gasteiger partial charge on any atom is 0.168 e. The van der Waals surface area contributed by atoms with Crippen LogP contribution in [0.3, 0.4) is 0 Å². The van der Waals surface area contributed by atoms with Crippen LogP contribution in [-0.2, 0) is 7.05 Å². The van der Waals surface area contributed by atoms with E-state index in [1.807, 2.05) is 24.6 Å². The van der Waals surface area contributed by atoms with Crippen molar-refractivity contribution in [3.8, 4) is 0 Å². The number of rotatable bonds is 3. The number of ketones is 1. The standard InChI is InChI=1S/C11H11N5O/c1-7-14-9-5-8(11(17)6-13-15-12)3-4-10(9)16(7)2/h3-5H,6H2,1-2H3. The monoisotopic (exact) mass is 229 g/mol. The van der Waals surface area contributed by atoms with Crippen molar-refractivity contribution in [2.45, 2.75) is 6.92 Å². The Balaban J connectivity index is 2.44. The summed E-state index contributed by atoms with van der Waals surface area (Å²) in [7, 11) is 1.92. The maximum absolute atomic E-state index is 11.6. The number of carbonyl (C=O) groups excluding carboxylic acids is 1. The molecule has 2 rings (SSSR count). The maximum atomic E-state index is 11.6. The average molecular weight is 229 g/mol. The molecule has 0 aliphatic carbocycles. The SMILES string of the molecule is Cc1nc2cc(C(=O)CN=[N+]=[N-])ccc2n1C. The van der Waals surface area contributed by atoms with Crippen molar-refractivity contribution in [3.05, 3.63) is 40.0 Å². The first-order valence-corrected chi connectivity index (χ1v) is 5.10. The van der Waals surface area contributed by atoms with Gasteiger partial charge in [0.25, 0.3) is 0 Å². The number of aromatic nitrogens is 2. The Hall–Kier alpha value is -2.33. The topological polar surface area (TPSA) is 83.7 Å². The molecule has 0 amide bonds. The molecule has 0 saturated heterocycles. The zero-order valence-corrected chi connectivity index (χ0v) is 9.58. The van der Waals surface area contributed by atoms with Crippen molar-refractivity contribution < 1.29 is 4.79 Å². The van der Waals surface area contributed by atoms with Crippen molar-refractivity contribution >= 4 is 16.8 Å². The van der Waals surface area contributed by atoms with Crippen LogP contribution in [0.4, 0.5) is 0 Å². The second-order valence-electron chi connectivity index (χ2n) is 3.73. The number of fused-ring (bicyclic) bond motifs is 1. The second kappa shape index (κ2) is 4.27. The first kappa shape index (κ1) is 11.2. The molecule has 0 saturated carbocycles. The van der Waals surface area contributed by atoms with Gasteiger partial charge in [-0.05, 0) is 30.7 Å². The summed E-state index contributed by atoms with van der Waals surface area (Å²) in [6.07, 6.45) is 0. The van der Waals surface area contributed by atoms with Gasteiger partial charge in [-0.1, -0.05) is 5.11 Å². The fourth-order valence-electron chi connectivity index (χ4n) is 1.68. The largest absolute Gasteiger partial charge is 0.331 e. The van der Waals surface area contributed by atoms with Crippen LogP contribution in [0.25, 0.3) is 21.5 Å². The molecule has 0 N–H and O–H groups in total. The number of nitrogens with zero attached hydrogens (tertiary/aromatic N) is 5. The fourth-order valence-corrected chi connectivity index (χ4v) is 1.68. The van der Waals surface area contributed by atoms with Crippen LogP contribution in [-0.4, -0.2) is 21.9 Å². The fraction of sp³-hybridized carbons (Fsp3) is 0.273. The number of hydrogen-bond donors (Lipinski definition) is 0. The summed E-state index contributed by atoms with van der Waals surface area (Å²) in [5, 5.41) is 3.26. The molecule has 0 atom stereocenters. The van der Waals surface area contributed by atoms with Crippen LogP contribution < -0.4 is 0 Å². The molecule has 0 radical (unpaired) electrons. The molecule has 6 heteroatoms. The Morgan fingerprint density at radius 2 is 2.35 bits per heavy atom. The quantitative estimate of drug-likeness (QED) is 0.350. The van der Waals surface area contributed by atoms with Gasteiger partial charge in [0.05, 0.1) is 17.6 Å². The molecule has 1 heterocycles. The summed E-state index contributed by atoms with van der Waals surface area (Å²) < 4.78 is 1.96. The molecule has 0 aliphatic rings. The van der Waals surface area contributed by atoms with Crippen molar-refractivity contribution in [1.29, 1.82) is 0 Å². The van der Waals surface area contributed by atoms with Gasteiger partial charge < -0.3 is 4.57 Å². The van der Waals surface area contributed by atoms with Crippen LogP contribution in [0.15, 0.2) is 23.3 Å². The Morgan fingerprint density at radius 3 is 3.06 bits per heavy atom. The molecule has 0 spiro atoms. The van der Waals surface area contributed by atoms with Crippen LogP contribution in [0.1, 0.15) is 16.2 Å². The van der Waals surface area contributed by atoms with E-state index in [9.17, 15) is 4.79 Å². The van der Waals surface area contributed by atoms with E-state index < -0.39 is 0 Å². The predicted molar refractivity (Wildman–Crippen MR) is 63.8 cm³/mol. The summed E-state index contributed by atoms with van der Waals surface area (Å²) in [6, 6.07) is 5.29. The first-order valence-electron chi connectivity index (χ1n) is 5.10. The van der Waals surface area contributed by atoms with Crippen molar-refractivity contribution in [1.82, 2.24) is 9.55 Å². The highest BCUT2D eigenvalue weighted by Gasteiger charge is 2.09. The number of hydrogen-bond acceptors (Lipinski definition) is 3. The van der Waals surface area contributed by atoms with Gasteiger partial charge in [0.15, 0.2) is 5.78 Å². The average Bonchev–Trinajstić information content (AvgIpc) is 2.61. The molecule has 2 aromatic rings. The zero-order valence-electron chi connectivity index (χ0n) is 9.58. The molecule has 1 aromatic heterocycles. The molecule has 0 fully saturated rings. The lowest BCUT2D eigenvalue weighted by Crippen LogP contribution is -2.02. The van der Waals surface area contributed by atoms with Crippen molar-refractivity contribution in [3.63, 3.8) is 0 Å². The molecule has 0 aliphatic heterocycles. The van der Waals surface area contributed by atoms with Crippen molar-refractivity contribution in [2.75, 3.05) is 6.54 Å². The van der Waals surface area contributed by atoms with Gasteiger partial charge in [-0.2, -0.15) is 0 Å². The number of aryl methyl sites for hydroxylation is 2. The van der Waals surface area contributed by atoms with Gasteiger partial charge in [-0.25, -0.2) is 4.98 Å². The third-order valence-corrected chi connectivity index (χ3v) is 2.70. The number of imidazole rings is 1. The smallest absolute Gasteiger partial charge is 0.168 e. The summed E-state index contributed by atoms with van der Waals surface area (Å²) >= 11 is 0. The highest BCUT2D eigenvalue weighted by atomic mass is 16.1. The highest BCUT2D eigenvalue weighted by Crippen LogP contribution is 2.16. The molecule has 6 nitrogen and oxygen atoms in total. The minimum absolute atomic E-state index is 0.159. The minimum atomic E-state index is -0.201. The van der Waals surface area contributed by atoms with Gasteiger partial charge in [-0.15, -0.1) is 0 Å².